The maximum atomic E-state index is 3.85. The molecule has 0 amide bonds. The fraction of sp³-hybridized carbons (Fsp3) is 0.0233. The molecule has 3 heterocycles. The maximum absolute atomic E-state index is 3.85. The molecule has 10 rings (SSSR count). The molecule has 0 atom stereocenters. The van der Waals surface area contributed by atoms with E-state index in [1.54, 1.807) is 0 Å². The second-order valence-corrected chi connectivity index (χ2v) is 13.5. The molecule has 1 radical (unpaired) electrons. The molecule has 2 aromatic heterocycles. The Bertz CT molecular complexity index is 2700. The number of hydrogen-bond acceptors (Lipinski definition) is 2. The number of rotatable bonds is 4. The van der Waals surface area contributed by atoms with E-state index >= 15 is 0 Å². The zero-order valence-electron chi connectivity index (χ0n) is 25.8. The van der Waals surface area contributed by atoms with Gasteiger partial charge in [-0.25, -0.2) is 0 Å². The van der Waals surface area contributed by atoms with Crippen molar-refractivity contribution in [2.45, 2.75) is 6.92 Å². The zero-order chi connectivity index (χ0) is 31.1. The minimum atomic E-state index is 1.07. The summed E-state index contributed by atoms with van der Waals surface area (Å²) in [7, 11) is 2.42. The fourth-order valence-corrected chi connectivity index (χ4v) is 8.84. The molecule has 0 fully saturated rings. The van der Waals surface area contributed by atoms with Gasteiger partial charge in [-0.05, 0) is 83.2 Å². The fourth-order valence-electron chi connectivity index (χ4n) is 7.73. The molecule has 1 aliphatic rings. The lowest BCUT2D eigenvalue weighted by Crippen LogP contribution is -2.37. The molecule has 2 nitrogen and oxygen atoms in total. The standard InChI is InChI=1S/C43H28BN2S/c1-26-13-5-6-16-28(26)31-25-32(42-43-39(31)29-17-7-10-20-35(29)46(43)36-21-11-9-19-33(36)44-42)40-34(45-27-14-3-2-4-15-27)23-24-38-41(40)30-18-8-12-22-37(30)47-38/h2-25,45H,1H3. The zero-order valence-corrected chi connectivity index (χ0v) is 26.6. The van der Waals surface area contributed by atoms with E-state index in [2.05, 4.69) is 170 Å². The van der Waals surface area contributed by atoms with Crippen LogP contribution >= 0.6 is 11.3 Å². The van der Waals surface area contributed by atoms with E-state index in [1.165, 1.54) is 86.4 Å². The molecule has 9 aromatic rings. The van der Waals surface area contributed by atoms with Crippen LogP contribution in [0.15, 0.2) is 146 Å². The summed E-state index contributed by atoms with van der Waals surface area (Å²) < 4.78 is 5.11. The Kier molecular flexibility index (Phi) is 5.79. The van der Waals surface area contributed by atoms with Gasteiger partial charge in [0.2, 0.25) is 0 Å². The first kappa shape index (κ1) is 26.6. The number of para-hydroxylation sites is 3. The minimum absolute atomic E-state index is 1.07. The van der Waals surface area contributed by atoms with Crippen molar-refractivity contribution in [3.05, 3.63) is 151 Å². The first-order valence-corrected chi connectivity index (χ1v) is 16.9. The van der Waals surface area contributed by atoms with E-state index in [0.29, 0.717) is 0 Å². The first-order chi connectivity index (χ1) is 23.2. The highest BCUT2D eigenvalue weighted by Crippen LogP contribution is 2.48. The van der Waals surface area contributed by atoms with Gasteiger partial charge in [-0.3, -0.25) is 0 Å². The monoisotopic (exact) mass is 615 g/mol. The highest BCUT2D eigenvalue weighted by molar-refractivity contribution is 7.26. The van der Waals surface area contributed by atoms with Gasteiger partial charge in [0.15, 0.2) is 7.28 Å². The third-order valence-electron chi connectivity index (χ3n) is 9.76. The Morgan fingerprint density at radius 1 is 0.596 bits per heavy atom. The molecular formula is C43H28BN2S. The van der Waals surface area contributed by atoms with Crippen molar-refractivity contribution in [3.8, 4) is 27.9 Å². The van der Waals surface area contributed by atoms with Gasteiger partial charge >= 0.3 is 0 Å². The van der Waals surface area contributed by atoms with Crippen LogP contribution in [0.25, 0.3) is 69.9 Å². The Hall–Kier alpha value is -5.58. The smallest absolute Gasteiger partial charge is 0.197 e. The number of thiophene rings is 1. The SMILES string of the molecule is Cc1ccccc1-c1cc(-c2c(Nc3ccccc3)ccc3sc4ccccc4c23)c2c3c1c1ccccc1n3-c1ccccc1[B]2. The van der Waals surface area contributed by atoms with Gasteiger partial charge in [0.1, 0.15) is 0 Å². The van der Waals surface area contributed by atoms with Crippen LogP contribution in [0.3, 0.4) is 0 Å². The van der Waals surface area contributed by atoms with Crippen molar-refractivity contribution in [3.63, 3.8) is 0 Å². The molecule has 0 unspecified atom stereocenters. The molecular weight excluding hydrogens is 587 g/mol. The number of anilines is 2. The predicted octanol–water partition coefficient (Wildman–Crippen LogP) is 10.5. The van der Waals surface area contributed by atoms with Gasteiger partial charge in [0.05, 0.1) is 5.52 Å². The molecule has 0 bridgehead atoms. The van der Waals surface area contributed by atoms with E-state index in [1.807, 2.05) is 11.3 Å². The van der Waals surface area contributed by atoms with Crippen molar-refractivity contribution < 1.29 is 0 Å². The number of hydrogen-bond donors (Lipinski definition) is 1. The summed E-state index contributed by atoms with van der Waals surface area (Å²) in [5, 5.41) is 9.02. The Morgan fingerprint density at radius 2 is 1.34 bits per heavy atom. The van der Waals surface area contributed by atoms with E-state index in [9.17, 15) is 0 Å². The number of fused-ring (bicyclic) bond motifs is 8. The van der Waals surface area contributed by atoms with Crippen LogP contribution in [-0.2, 0) is 0 Å². The molecule has 0 saturated heterocycles. The van der Waals surface area contributed by atoms with E-state index in [-0.39, 0.29) is 0 Å². The van der Waals surface area contributed by atoms with Crippen molar-refractivity contribution >= 4 is 82.9 Å². The Labute approximate surface area is 277 Å². The summed E-state index contributed by atoms with van der Waals surface area (Å²) in [5.74, 6) is 0. The van der Waals surface area contributed by atoms with E-state index < -0.39 is 0 Å². The van der Waals surface area contributed by atoms with Crippen molar-refractivity contribution in [1.29, 1.82) is 0 Å². The van der Waals surface area contributed by atoms with Gasteiger partial charge in [-0.15, -0.1) is 11.3 Å². The van der Waals surface area contributed by atoms with Gasteiger partial charge in [0, 0.05) is 59.1 Å². The summed E-state index contributed by atoms with van der Waals surface area (Å²) >= 11 is 1.87. The predicted molar refractivity (Wildman–Crippen MR) is 204 cm³/mol. The van der Waals surface area contributed by atoms with Crippen molar-refractivity contribution in [1.82, 2.24) is 4.57 Å². The molecule has 0 spiro atoms. The van der Waals surface area contributed by atoms with E-state index in [4.69, 9.17) is 0 Å². The highest BCUT2D eigenvalue weighted by atomic mass is 32.1. The van der Waals surface area contributed by atoms with Gasteiger partial charge < -0.3 is 9.88 Å². The molecule has 0 saturated carbocycles. The normalized spacial score (nSPS) is 12.1. The average molecular weight is 616 g/mol. The van der Waals surface area contributed by atoms with Gasteiger partial charge in [-0.2, -0.15) is 0 Å². The van der Waals surface area contributed by atoms with Crippen LogP contribution in [0.1, 0.15) is 5.56 Å². The van der Waals surface area contributed by atoms with Gasteiger partial charge in [-0.1, -0.05) is 103 Å². The van der Waals surface area contributed by atoms with Crippen LogP contribution < -0.4 is 16.2 Å². The highest BCUT2D eigenvalue weighted by Gasteiger charge is 2.30. The quantitative estimate of drug-likeness (QED) is 0.195. The van der Waals surface area contributed by atoms with Crippen molar-refractivity contribution in [2.75, 3.05) is 5.32 Å². The maximum Gasteiger partial charge on any atom is 0.197 e. The molecule has 4 heteroatoms. The number of aromatic nitrogens is 1. The molecule has 1 aliphatic heterocycles. The molecule has 7 aromatic carbocycles. The van der Waals surface area contributed by atoms with Crippen LogP contribution in [0, 0.1) is 6.92 Å². The summed E-state index contributed by atoms with van der Waals surface area (Å²) in [6, 6.07) is 53.0. The minimum Gasteiger partial charge on any atom is -0.355 e. The summed E-state index contributed by atoms with van der Waals surface area (Å²) in [6.07, 6.45) is 0. The number of nitrogens with one attached hydrogen (secondary N) is 1. The van der Waals surface area contributed by atoms with Crippen LogP contribution in [-0.4, -0.2) is 11.8 Å². The number of aryl methyl sites for hydroxylation is 1. The average Bonchev–Trinajstić information content (AvgIpc) is 3.67. The van der Waals surface area contributed by atoms with Crippen LogP contribution in [0.4, 0.5) is 11.4 Å². The molecule has 47 heavy (non-hydrogen) atoms. The third-order valence-corrected chi connectivity index (χ3v) is 10.9. The summed E-state index contributed by atoms with van der Waals surface area (Å²) in [4.78, 5) is 0. The lowest BCUT2D eigenvalue weighted by atomic mass is 9.58. The Balaban J connectivity index is 1.43. The largest absolute Gasteiger partial charge is 0.355 e. The first-order valence-electron chi connectivity index (χ1n) is 16.1. The number of nitrogens with zero attached hydrogens (tertiary/aromatic N) is 1. The third kappa shape index (κ3) is 3.92. The second kappa shape index (κ2) is 10.2. The summed E-state index contributed by atoms with van der Waals surface area (Å²) in [6.45, 7) is 2.23. The van der Waals surface area contributed by atoms with Crippen LogP contribution in [0.2, 0.25) is 0 Å². The Morgan fingerprint density at radius 3 is 2.23 bits per heavy atom. The molecule has 1 N–H and O–H groups in total. The lowest BCUT2D eigenvalue weighted by molar-refractivity contribution is 1.19. The topological polar surface area (TPSA) is 17.0 Å². The lowest BCUT2D eigenvalue weighted by Gasteiger charge is -2.25. The number of benzene rings is 7. The second-order valence-electron chi connectivity index (χ2n) is 12.4. The van der Waals surface area contributed by atoms with E-state index in [0.717, 1.165) is 11.4 Å². The summed E-state index contributed by atoms with van der Waals surface area (Å²) in [5.41, 5.74) is 14.7. The molecule has 0 aliphatic carbocycles. The van der Waals surface area contributed by atoms with Crippen LogP contribution in [0.5, 0.6) is 0 Å². The van der Waals surface area contributed by atoms with Gasteiger partial charge in [0.25, 0.3) is 0 Å². The molecule has 219 valence electrons. The van der Waals surface area contributed by atoms with Crippen molar-refractivity contribution in [2.24, 2.45) is 0 Å².